The molecule has 0 bridgehead atoms. The molecule has 1 N–H and O–H groups in total. The zero-order valence-corrected chi connectivity index (χ0v) is 18.4. The Labute approximate surface area is 180 Å². The molecule has 1 atom stereocenters. The maximum absolute atomic E-state index is 5.10. The van der Waals surface area contributed by atoms with Gasteiger partial charge in [0.1, 0.15) is 17.5 Å². The Bertz CT molecular complexity index is 976. The molecule has 1 aliphatic rings. The minimum atomic E-state index is 0.262. The standard InChI is InChI=1S/C21H27N7OS/c1-14-10-24-21(30-14)27-20-9-17(25-15(2)26-20)18-5-4-7-28(18)13-16-11-22-19(23-12-16)6-8-29-3/h9-12,18H,4-8,13H2,1-3H3,(H,24,25,26,27)/t18-/m0/s1. The molecule has 3 aromatic heterocycles. The minimum absolute atomic E-state index is 0.262. The number of aryl methyl sites for hydroxylation is 2. The lowest BCUT2D eigenvalue weighted by Gasteiger charge is -2.24. The summed E-state index contributed by atoms with van der Waals surface area (Å²) in [6.07, 6.45) is 8.68. The zero-order chi connectivity index (χ0) is 20.9. The number of hydrogen-bond donors (Lipinski definition) is 1. The number of aromatic nitrogens is 5. The Kier molecular flexibility index (Phi) is 6.61. The second kappa shape index (κ2) is 9.55. The van der Waals surface area contributed by atoms with E-state index < -0.39 is 0 Å². The van der Waals surface area contributed by atoms with Crippen LogP contribution in [0.1, 0.15) is 46.7 Å². The van der Waals surface area contributed by atoms with Crippen LogP contribution < -0.4 is 5.32 Å². The highest BCUT2D eigenvalue weighted by molar-refractivity contribution is 7.15. The van der Waals surface area contributed by atoms with Crippen LogP contribution in [0.4, 0.5) is 10.9 Å². The SMILES string of the molecule is COCCc1ncc(CN2CCC[C@H]2c2cc(Nc3ncc(C)s3)nc(C)n2)cn1. The van der Waals surface area contributed by atoms with Crippen LogP contribution in [0.15, 0.2) is 24.7 Å². The molecule has 4 heterocycles. The molecule has 9 heteroatoms. The second-order valence-corrected chi connectivity index (χ2v) is 8.74. The quantitative estimate of drug-likeness (QED) is 0.585. The molecule has 30 heavy (non-hydrogen) atoms. The number of nitrogens with zero attached hydrogens (tertiary/aromatic N) is 6. The number of methoxy groups -OCH3 is 1. The molecule has 8 nitrogen and oxygen atoms in total. The summed E-state index contributed by atoms with van der Waals surface area (Å²) in [7, 11) is 1.69. The van der Waals surface area contributed by atoms with Crippen LogP contribution in [0.5, 0.6) is 0 Å². The van der Waals surface area contributed by atoms with Gasteiger partial charge in [-0.05, 0) is 33.2 Å². The van der Waals surface area contributed by atoms with Gasteiger partial charge < -0.3 is 10.1 Å². The molecular formula is C21H27N7OS. The molecule has 158 valence electrons. The molecule has 0 amide bonds. The maximum Gasteiger partial charge on any atom is 0.188 e. The Morgan fingerprint density at radius 2 is 2.00 bits per heavy atom. The van der Waals surface area contributed by atoms with Crippen molar-refractivity contribution in [3.05, 3.63) is 52.4 Å². The molecular weight excluding hydrogens is 398 g/mol. The van der Waals surface area contributed by atoms with E-state index in [1.165, 1.54) is 4.88 Å². The summed E-state index contributed by atoms with van der Waals surface area (Å²) >= 11 is 1.62. The fraction of sp³-hybridized carbons (Fsp3) is 0.476. The fourth-order valence-electron chi connectivity index (χ4n) is 3.72. The molecule has 3 aromatic rings. The molecule has 0 radical (unpaired) electrons. The number of nitrogens with one attached hydrogen (secondary N) is 1. The Hall–Kier alpha value is -2.49. The van der Waals surface area contributed by atoms with Gasteiger partial charge in [0, 0.05) is 55.2 Å². The number of thiazole rings is 1. The second-order valence-electron chi connectivity index (χ2n) is 7.51. The van der Waals surface area contributed by atoms with Gasteiger partial charge in [-0.1, -0.05) is 0 Å². The molecule has 0 unspecified atom stereocenters. The molecule has 4 rings (SSSR count). The molecule has 0 spiro atoms. The van der Waals surface area contributed by atoms with Crippen molar-refractivity contribution >= 4 is 22.3 Å². The van der Waals surface area contributed by atoms with Crippen molar-refractivity contribution in [1.29, 1.82) is 0 Å². The topological polar surface area (TPSA) is 89.0 Å². The largest absolute Gasteiger partial charge is 0.384 e. The lowest BCUT2D eigenvalue weighted by molar-refractivity contribution is 0.200. The first-order valence-corrected chi connectivity index (χ1v) is 11.0. The van der Waals surface area contributed by atoms with Gasteiger partial charge in [-0.3, -0.25) is 4.90 Å². The number of ether oxygens (including phenoxy) is 1. The average Bonchev–Trinajstić information content (AvgIpc) is 3.36. The monoisotopic (exact) mass is 425 g/mol. The van der Waals surface area contributed by atoms with E-state index in [0.717, 1.165) is 66.2 Å². The molecule has 1 saturated heterocycles. The van der Waals surface area contributed by atoms with E-state index in [1.54, 1.807) is 18.4 Å². The van der Waals surface area contributed by atoms with E-state index in [2.05, 4.69) is 36.2 Å². The number of rotatable bonds is 8. The highest BCUT2D eigenvalue weighted by Gasteiger charge is 2.28. The third-order valence-electron chi connectivity index (χ3n) is 5.09. The van der Waals surface area contributed by atoms with Gasteiger partial charge in [0.05, 0.1) is 18.3 Å². The lowest BCUT2D eigenvalue weighted by atomic mass is 10.1. The summed E-state index contributed by atoms with van der Waals surface area (Å²) in [5, 5.41) is 4.18. The summed E-state index contributed by atoms with van der Waals surface area (Å²) in [6, 6.07) is 2.32. The summed E-state index contributed by atoms with van der Waals surface area (Å²) in [5.74, 6) is 2.38. The van der Waals surface area contributed by atoms with Crippen LogP contribution in [0.25, 0.3) is 0 Å². The van der Waals surface area contributed by atoms with Gasteiger partial charge in [0.15, 0.2) is 5.13 Å². The van der Waals surface area contributed by atoms with E-state index in [1.807, 2.05) is 32.4 Å². The fourth-order valence-corrected chi connectivity index (χ4v) is 4.39. The van der Waals surface area contributed by atoms with Gasteiger partial charge in [-0.25, -0.2) is 24.9 Å². The van der Waals surface area contributed by atoms with E-state index in [4.69, 9.17) is 9.72 Å². The van der Waals surface area contributed by atoms with Crippen molar-refractivity contribution in [2.45, 2.75) is 45.7 Å². The van der Waals surface area contributed by atoms with E-state index in [0.29, 0.717) is 6.61 Å². The summed E-state index contributed by atoms with van der Waals surface area (Å²) in [4.78, 5) is 26.2. The minimum Gasteiger partial charge on any atom is -0.384 e. The summed E-state index contributed by atoms with van der Waals surface area (Å²) in [5.41, 5.74) is 2.17. The van der Waals surface area contributed by atoms with Gasteiger partial charge in [0.2, 0.25) is 0 Å². The van der Waals surface area contributed by atoms with Crippen LogP contribution >= 0.6 is 11.3 Å². The predicted molar refractivity (Wildman–Crippen MR) is 117 cm³/mol. The van der Waals surface area contributed by atoms with Crippen LogP contribution in [0.3, 0.4) is 0 Å². The third kappa shape index (κ3) is 5.16. The Morgan fingerprint density at radius 1 is 1.17 bits per heavy atom. The average molecular weight is 426 g/mol. The number of likely N-dealkylation sites (tertiary alicyclic amines) is 1. The normalized spacial score (nSPS) is 16.8. The van der Waals surface area contributed by atoms with Gasteiger partial charge in [-0.15, -0.1) is 11.3 Å². The van der Waals surface area contributed by atoms with Crippen LogP contribution in [-0.4, -0.2) is 50.1 Å². The van der Waals surface area contributed by atoms with Gasteiger partial charge in [-0.2, -0.15) is 0 Å². The molecule has 0 saturated carbocycles. The first-order valence-electron chi connectivity index (χ1n) is 10.2. The van der Waals surface area contributed by atoms with E-state index in [-0.39, 0.29) is 6.04 Å². The Morgan fingerprint density at radius 3 is 2.73 bits per heavy atom. The smallest absolute Gasteiger partial charge is 0.188 e. The van der Waals surface area contributed by atoms with E-state index >= 15 is 0 Å². The van der Waals surface area contributed by atoms with Crippen LogP contribution in [0, 0.1) is 13.8 Å². The predicted octanol–water partition coefficient (Wildman–Crippen LogP) is 3.61. The first kappa shape index (κ1) is 20.8. The number of anilines is 2. The highest BCUT2D eigenvalue weighted by Crippen LogP contribution is 2.33. The van der Waals surface area contributed by atoms with Crippen LogP contribution in [0.2, 0.25) is 0 Å². The first-order chi connectivity index (χ1) is 14.6. The van der Waals surface area contributed by atoms with E-state index in [9.17, 15) is 0 Å². The lowest BCUT2D eigenvalue weighted by Crippen LogP contribution is -2.24. The van der Waals surface area contributed by atoms with Crippen LogP contribution in [-0.2, 0) is 17.7 Å². The number of hydrogen-bond acceptors (Lipinski definition) is 9. The van der Waals surface area contributed by atoms with Crippen molar-refractivity contribution in [1.82, 2.24) is 29.8 Å². The zero-order valence-electron chi connectivity index (χ0n) is 17.6. The summed E-state index contributed by atoms with van der Waals surface area (Å²) < 4.78 is 5.10. The molecule has 1 fully saturated rings. The van der Waals surface area contributed by atoms with Crippen molar-refractivity contribution < 1.29 is 4.74 Å². The van der Waals surface area contributed by atoms with Crippen molar-refractivity contribution in [3.8, 4) is 0 Å². The molecule has 1 aliphatic heterocycles. The maximum atomic E-state index is 5.10. The summed E-state index contributed by atoms with van der Waals surface area (Å²) in [6.45, 7) is 6.47. The van der Waals surface area contributed by atoms with Crippen molar-refractivity contribution in [2.75, 3.05) is 25.6 Å². The van der Waals surface area contributed by atoms with Crippen molar-refractivity contribution in [2.24, 2.45) is 0 Å². The molecule has 0 aliphatic carbocycles. The van der Waals surface area contributed by atoms with Crippen molar-refractivity contribution in [3.63, 3.8) is 0 Å². The van der Waals surface area contributed by atoms with Gasteiger partial charge >= 0.3 is 0 Å². The third-order valence-corrected chi connectivity index (χ3v) is 5.92. The Balaban J connectivity index is 1.47. The highest BCUT2D eigenvalue weighted by atomic mass is 32.1. The van der Waals surface area contributed by atoms with Gasteiger partial charge in [0.25, 0.3) is 0 Å². The molecule has 0 aromatic carbocycles.